The van der Waals surface area contributed by atoms with Crippen molar-refractivity contribution in [2.45, 2.75) is 6.92 Å². The molecule has 28 heavy (non-hydrogen) atoms. The molecule has 144 valence electrons. The van der Waals surface area contributed by atoms with Gasteiger partial charge in [0.25, 0.3) is 5.91 Å². The first kappa shape index (κ1) is 18.4. The summed E-state index contributed by atoms with van der Waals surface area (Å²) in [6, 6.07) is 12.0. The number of aryl methyl sites for hydroxylation is 1. The Morgan fingerprint density at radius 3 is 2.43 bits per heavy atom. The van der Waals surface area contributed by atoms with Crippen LogP contribution in [0.5, 0.6) is 0 Å². The summed E-state index contributed by atoms with van der Waals surface area (Å²) in [4.78, 5) is 20.8. The van der Waals surface area contributed by atoms with E-state index in [0.29, 0.717) is 43.5 Å². The van der Waals surface area contributed by atoms with Crippen LogP contribution in [0.2, 0.25) is 5.02 Å². The summed E-state index contributed by atoms with van der Waals surface area (Å²) >= 11 is 5.79. The maximum atomic E-state index is 13.3. The summed E-state index contributed by atoms with van der Waals surface area (Å²) in [6.07, 6.45) is 0. The van der Waals surface area contributed by atoms with E-state index in [1.165, 1.54) is 18.2 Å². The molecule has 1 aliphatic heterocycles. The molecule has 3 aromatic rings. The van der Waals surface area contributed by atoms with E-state index in [4.69, 9.17) is 16.1 Å². The Labute approximate surface area is 166 Å². The van der Waals surface area contributed by atoms with E-state index >= 15 is 0 Å². The number of aromatic nitrogens is 2. The number of halogens is 2. The topological polar surface area (TPSA) is 62.5 Å². The molecule has 1 saturated heterocycles. The SMILES string of the molecule is Cc1nc(-c2ccc(N3CCN(C(=O)c4ccc(F)c(Cl)c4)CC3)cc2)no1. The third-order valence-corrected chi connectivity index (χ3v) is 5.04. The predicted octanol–water partition coefficient (Wildman–Crippen LogP) is 3.80. The van der Waals surface area contributed by atoms with E-state index in [0.717, 1.165) is 11.3 Å². The Morgan fingerprint density at radius 1 is 1.11 bits per heavy atom. The summed E-state index contributed by atoms with van der Waals surface area (Å²) in [5.41, 5.74) is 2.36. The standard InChI is InChI=1S/C20H18ClFN4O2/c1-13-23-19(24-28-13)14-2-5-16(6-3-14)25-8-10-26(11-9-25)20(27)15-4-7-18(22)17(21)12-15/h2-7,12H,8-11H2,1H3. The van der Waals surface area contributed by atoms with Gasteiger partial charge in [0, 0.05) is 49.9 Å². The molecule has 0 N–H and O–H groups in total. The second-order valence-electron chi connectivity index (χ2n) is 6.59. The molecule has 0 atom stereocenters. The molecular weight excluding hydrogens is 383 g/mol. The van der Waals surface area contributed by atoms with Crippen LogP contribution in [0.3, 0.4) is 0 Å². The van der Waals surface area contributed by atoms with Crippen LogP contribution in [0.15, 0.2) is 47.0 Å². The van der Waals surface area contributed by atoms with Crippen LogP contribution in [-0.4, -0.2) is 47.1 Å². The molecule has 0 unspecified atom stereocenters. The molecule has 0 bridgehead atoms. The lowest BCUT2D eigenvalue weighted by Crippen LogP contribution is -2.48. The summed E-state index contributed by atoms with van der Waals surface area (Å²) in [6.45, 7) is 4.34. The minimum atomic E-state index is -0.525. The number of carbonyl (C=O) groups is 1. The van der Waals surface area contributed by atoms with Gasteiger partial charge in [-0.1, -0.05) is 16.8 Å². The summed E-state index contributed by atoms with van der Waals surface area (Å²) < 4.78 is 18.3. The Balaban J connectivity index is 1.39. The molecule has 6 nitrogen and oxygen atoms in total. The van der Waals surface area contributed by atoms with E-state index in [2.05, 4.69) is 15.0 Å². The highest BCUT2D eigenvalue weighted by Gasteiger charge is 2.23. The van der Waals surface area contributed by atoms with Crippen molar-refractivity contribution in [1.82, 2.24) is 15.0 Å². The highest BCUT2D eigenvalue weighted by Crippen LogP contribution is 2.23. The number of amides is 1. The van der Waals surface area contributed by atoms with Crippen molar-refractivity contribution in [1.29, 1.82) is 0 Å². The molecule has 1 fully saturated rings. The van der Waals surface area contributed by atoms with Crippen LogP contribution in [0, 0.1) is 12.7 Å². The Morgan fingerprint density at radius 2 is 1.82 bits per heavy atom. The largest absolute Gasteiger partial charge is 0.368 e. The van der Waals surface area contributed by atoms with E-state index in [1.807, 2.05) is 24.3 Å². The van der Waals surface area contributed by atoms with Gasteiger partial charge in [0.1, 0.15) is 5.82 Å². The first-order valence-corrected chi connectivity index (χ1v) is 9.29. The zero-order chi connectivity index (χ0) is 19.7. The minimum absolute atomic E-state index is 0.0404. The van der Waals surface area contributed by atoms with Gasteiger partial charge in [0.05, 0.1) is 5.02 Å². The van der Waals surface area contributed by atoms with E-state index in [-0.39, 0.29) is 10.9 Å². The number of carbonyl (C=O) groups excluding carboxylic acids is 1. The zero-order valence-electron chi connectivity index (χ0n) is 15.2. The smallest absolute Gasteiger partial charge is 0.254 e. The number of rotatable bonds is 3. The van der Waals surface area contributed by atoms with Gasteiger partial charge in [-0.3, -0.25) is 4.79 Å². The van der Waals surface area contributed by atoms with Crippen LogP contribution in [0.25, 0.3) is 11.4 Å². The molecule has 0 radical (unpaired) electrons. The van der Waals surface area contributed by atoms with E-state index in [9.17, 15) is 9.18 Å². The van der Waals surface area contributed by atoms with Gasteiger partial charge in [0.2, 0.25) is 11.7 Å². The van der Waals surface area contributed by atoms with Gasteiger partial charge in [0.15, 0.2) is 0 Å². The van der Waals surface area contributed by atoms with Crippen LogP contribution in [-0.2, 0) is 0 Å². The van der Waals surface area contributed by atoms with Gasteiger partial charge in [-0.05, 0) is 42.5 Å². The van der Waals surface area contributed by atoms with Gasteiger partial charge in [-0.15, -0.1) is 0 Å². The predicted molar refractivity (Wildman–Crippen MR) is 104 cm³/mol. The number of hydrogen-bond acceptors (Lipinski definition) is 5. The Bertz CT molecular complexity index is 998. The van der Waals surface area contributed by atoms with Gasteiger partial charge in [-0.2, -0.15) is 4.98 Å². The molecule has 0 spiro atoms. The molecule has 0 aliphatic carbocycles. The van der Waals surface area contributed by atoms with Gasteiger partial charge >= 0.3 is 0 Å². The van der Waals surface area contributed by atoms with E-state index < -0.39 is 5.82 Å². The minimum Gasteiger partial charge on any atom is -0.368 e. The fraction of sp³-hybridized carbons (Fsp3) is 0.250. The van der Waals surface area contributed by atoms with Crippen molar-refractivity contribution in [3.05, 3.63) is 64.8 Å². The molecular formula is C20H18ClFN4O2. The number of anilines is 1. The fourth-order valence-electron chi connectivity index (χ4n) is 3.22. The van der Waals surface area contributed by atoms with Crippen molar-refractivity contribution in [2.75, 3.05) is 31.1 Å². The lowest BCUT2D eigenvalue weighted by atomic mass is 10.1. The molecule has 2 aromatic carbocycles. The maximum absolute atomic E-state index is 13.3. The maximum Gasteiger partial charge on any atom is 0.254 e. The molecule has 1 amide bonds. The monoisotopic (exact) mass is 400 g/mol. The highest BCUT2D eigenvalue weighted by atomic mass is 35.5. The summed E-state index contributed by atoms with van der Waals surface area (Å²) in [7, 11) is 0. The van der Waals surface area contributed by atoms with Crippen molar-refractivity contribution in [3.63, 3.8) is 0 Å². The number of nitrogens with zero attached hydrogens (tertiary/aromatic N) is 4. The summed E-state index contributed by atoms with van der Waals surface area (Å²) in [5, 5.41) is 3.88. The number of piperazine rings is 1. The fourth-order valence-corrected chi connectivity index (χ4v) is 3.40. The van der Waals surface area contributed by atoms with Crippen LogP contribution in [0.1, 0.15) is 16.2 Å². The average molecular weight is 401 g/mol. The molecule has 4 rings (SSSR count). The second-order valence-corrected chi connectivity index (χ2v) is 7.00. The van der Waals surface area contributed by atoms with Crippen LogP contribution < -0.4 is 4.90 Å². The zero-order valence-corrected chi connectivity index (χ0v) is 16.0. The Kier molecular flexibility index (Phi) is 5.00. The summed E-state index contributed by atoms with van der Waals surface area (Å²) in [5.74, 6) is 0.437. The van der Waals surface area contributed by atoms with Crippen molar-refractivity contribution in [3.8, 4) is 11.4 Å². The lowest BCUT2D eigenvalue weighted by Gasteiger charge is -2.36. The molecule has 0 saturated carbocycles. The van der Waals surface area contributed by atoms with Crippen LogP contribution >= 0.6 is 11.6 Å². The lowest BCUT2D eigenvalue weighted by molar-refractivity contribution is 0.0746. The third-order valence-electron chi connectivity index (χ3n) is 4.75. The molecule has 1 aromatic heterocycles. The molecule has 2 heterocycles. The normalized spacial score (nSPS) is 14.4. The number of hydrogen-bond donors (Lipinski definition) is 0. The average Bonchev–Trinajstić information content (AvgIpc) is 3.16. The van der Waals surface area contributed by atoms with Crippen molar-refractivity contribution < 1.29 is 13.7 Å². The second kappa shape index (κ2) is 7.59. The van der Waals surface area contributed by atoms with Crippen molar-refractivity contribution in [2.24, 2.45) is 0 Å². The molecule has 1 aliphatic rings. The van der Waals surface area contributed by atoms with Crippen molar-refractivity contribution >= 4 is 23.2 Å². The highest BCUT2D eigenvalue weighted by molar-refractivity contribution is 6.31. The Hall–Kier alpha value is -2.93. The first-order valence-electron chi connectivity index (χ1n) is 8.91. The van der Waals surface area contributed by atoms with Gasteiger partial charge in [-0.25, -0.2) is 4.39 Å². The third kappa shape index (κ3) is 3.71. The van der Waals surface area contributed by atoms with Crippen LogP contribution in [0.4, 0.5) is 10.1 Å². The van der Waals surface area contributed by atoms with Gasteiger partial charge < -0.3 is 14.3 Å². The number of benzene rings is 2. The van der Waals surface area contributed by atoms with E-state index in [1.54, 1.807) is 11.8 Å². The first-order chi connectivity index (χ1) is 13.5. The molecule has 8 heteroatoms. The quantitative estimate of drug-likeness (QED) is 0.669.